The Bertz CT molecular complexity index is 1250. The van der Waals surface area contributed by atoms with Crippen molar-refractivity contribution in [3.8, 4) is 0 Å². The van der Waals surface area contributed by atoms with Gasteiger partial charge in [-0.2, -0.15) is 0 Å². The van der Waals surface area contributed by atoms with E-state index in [0.717, 1.165) is 35.0 Å². The number of aromatic nitrogens is 4. The average Bonchev–Trinajstić information content (AvgIpc) is 3.47. The van der Waals surface area contributed by atoms with Crippen LogP contribution >= 0.6 is 0 Å². The summed E-state index contributed by atoms with van der Waals surface area (Å²) in [6.45, 7) is 0. The van der Waals surface area contributed by atoms with Gasteiger partial charge >= 0.3 is 0 Å². The number of hydrogen-bond donors (Lipinski definition) is 2. The van der Waals surface area contributed by atoms with Gasteiger partial charge in [-0.15, -0.1) is 0 Å². The van der Waals surface area contributed by atoms with Crippen molar-refractivity contribution >= 4 is 58.9 Å². The Balaban J connectivity index is 1.93. The van der Waals surface area contributed by atoms with Crippen LogP contribution in [-0.4, -0.2) is 32.5 Å². The van der Waals surface area contributed by atoms with E-state index >= 15 is 0 Å². The van der Waals surface area contributed by atoms with E-state index in [0.29, 0.717) is 33.5 Å². The van der Waals surface area contributed by atoms with Crippen molar-refractivity contribution in [3.63, 3.8) is 0 Å². The normalized spacial score (nSPS) is 12.3. The monoisotopic (exact) mass is 366 g/mol. The highest BCUT2D eigenvalue weighted by molar-refractivity contribution is 5.95. The Morgan fingerprint density at radius 3 is 1.54 bits per heavy atom. The SMILES string of the molecule is O=Cc1c2nc(cc3ccc([nH]3)c(C=O)c3nc(cc4ccc1[nH]4)C=C3)C=C2. The lowest BCUT2D eigenvalue weighted by Crippen LogP contribution is -1.87. The van der Waals surface area contributed by atoms with E-state index in [1.807, 2.05) is 60.7 Å². The first kappa shape index (κ1) is 16.1. The van der Waals surface area contributed by atoms with Crippen molar-refractivity contribution in [1.29, 1.82) is 0 Å². The molecular weight excluding hydrogens is 352 g/mol. The maximum absolute atomic E-state index is 11.7. The Morgan fingerprint density at radius 2 is 1.11 bits per heavy atom. The minimum Gasteiger partial charge on any atom is -0.355 e. The van der Waals surface area contributed by atoms with Gasteiger partial charge in [0.15, 0.2) is 12.6 Å². The number of carbonyl (C=O) groups is 2. The molecule has 2 N–H and O–H groups in total. The summed E-state index contributed by atoms with van der Waals surface area (Å²) in [5.41, 5.74) is 6.60. The van der Waals surface area contributed by atoms with Gasteiger partial charge in [0.1, 0.15) is 0 Å². The lowest BCUT2D eigenvalue weighted by Gasteiger charge is -1.92. The van der Waals surface area contributed by atoms with Crippen LogP contribution in [0.4, 0.5) is 0 Å². The van der Waals surface area contributed by atoms with E-state index in [1.165, 1.54) is 0 Å². The topological polar surface area (TPSA) is 91.5 Å². The van der Waals surface area contributed by atoms with Gasteiger partial charge in [-0.1, -0.05) is 0 Å². The quantitative estimate of drug-likeness (QED) is 0.456. The fourth-order valence-electron chi connectivity index (χ4n) is 3.37. The average molecular weight is 366 g/mol. The molecule has 28 heavy (non-hydrogen) atoms. The summed E-state index contributed by atoms with van der Waals surface area (Å²) < 4.78 is 0. The van der Waals surface area contributed by atoms with Crippen LogP contribution in [0, 0.1) is 0 Å². The van der Waals surface area contributed by atoms with Crippen LogP contribution in [0.2, 0.25) is 0 Å². The third-order valence-corrected chi connectivity index (χ3v) is 4.71. The first-order valence-electron chi connectivity index (χ1n) is 8.74. The predicted molar refractivity (Wildman–Crippen MR) is 110 cm³/mol. The van der Waals surface area contributed by atoms with Gasteiger partial charge in [-0.25, -0.2) is 9.97 Å². The van der Waals surface area contributed by atoms with Crippen molar-refractivity contribution in [2.45, 2.75) is 0 Å². The molecule has 0 atom stereocenters. The number of fused-ring (bicyclic) bond motifs is 8. The summed E-state index contributed by atoms with van der Waals surface area (Å²) in [7, 11) is 0. The van der Waals surface area contributed by atoms with E-state index < -0.39 is 0 Å². The van der Waals surface area contributed by atoms with Gasteiger partial charge in [0, 0.05) is 11.0 Å². The molecule has 0 spiro atoms. The van der Waals surface area contributed by atoms with Crippen molar-refractivity contribution in [2.24, 2.45) is 0 Å². The standard InChI is InChI=1S/C22H14N4O2/c27-11-17-19-5-1-13(23-19)9-14-2-6-21(24-14)18(12-28)22-8-4-16(26-22)10-15-3-7-20(17)25-15/h1-12,23,26H. The van der Waals surface area contributed by atoms with Crippen molar-refractivity contribution in [3.05, 3.63) is 70.3 Å². The number of carbonyl (C=O) groups excluding carboxylic acids is 2. The van der Waals surface area contributed by atoms with Crippen LogP contribution in [-0.2, 0) is 0 Å². The molecule has 5 rings (SSSR count). The van der Waals surface area contributed by atoms with Gasteiger partial charge in [0.25, 0.3) is 0 Å². The minimum absolute atomic E-state index is 0.492. The van der Waals surface area contributed by atoms with E-state index in [4.69, 9.17) is 0 Å². The predicted octanol–water partition coefficient (Wildman–Crippen LogP) is 4.28. The van der Waals surface area contributed by atoms with Crippen LogP contribution in [0.3, 0.4) is 0 Å². The molecule has 3 aromatic heterocycles. The molecule has 2 aliphatic heterocycles. The molecule has 3 aromatic rings. The summed E-state index contributed by atoms with van der Waals surface area (Å²) in [6.07, 6.45) is 8.94. The van der Waals surface area contributed by atoms with Crippen molar-refractivity contribution < 1.29 is 9.59 Å². The van der Waals surface area contributed by atoms with Crippen molar-refractivity contribution in [2.75, 3.05) is 0 Å². The highest BCUT2D eigenvalue weighted by Crippen LogP contribution is 2.21. The molecule has 0 saturated carbocycles. The third kappa shape index (κ3) is 2.68. The van der Waals surface area contributed by atoms with Crippen molar-refractivity contribution in [1.82, 2.24) is 19.9 Å². The first-order chi connectivity index (χ1) is 13.7. The van der Waals surface area contributed by atoms with Crippen LogP contribution in [0.5, 0.6) is 0 Å². The zero-order valence-electron chi connectivity index (χ0n) is 14.6. The Morgan fingerprint density at radius 1 is 0.643 bits per heavy atom. The molecule has 6 nitrogen and oxygen atoms in total. The molecule has 0 radical (unpaired) electrons. The van der Waals surface area contributed by atoms with Crippen LogP contribution in [0.15, 0.2) is 36.4 Å². The summed E-state index contributed by atoms with van der Waals surface area (Å²) in [5.74, 6) is 0. The Labute approximate surface area is 159 Å². The summed E-state index contributed by atoms with van der Waals surface area (Å²) in [6, 6.07) is 11.2. The largest absolute Gasteiger partial charge is 0.355 e. The number of rotatable bonds is 2. The lowest BCUT2D eigenvalue weighted by atomic mass is 10.2. The number of aldehydes is 2. The fraction of sp³-hybridized carbons (Fsp3) is 0. The molecule has 0 aromatic carbocycles. The highest BCUT2D eigenvalue weighted by Gasteiger charge is 2.09. The molecule has 6 heteroatoms. The van der Waals surface area contributed by atoms with E-state index in [2.05, 4.69) is 19.9 Å². The van der Waals surface area contributed by atoms with Crippen LogP contribution in [0.25, 0.3) is 46.4 Å². The number of aromatic amines is 2. The molecule has 2 aliphatic rings. The zero-order valence-corrected chi connectivity index (χ0v) is 14.6. The second-order valence-corrected chi connectivity index (χ2v) is 6.52. The van der Waals surface area contributed by atoms with Gasteiger partial charge in [0.05, 0.1) is 44.9 Å². The molecular formula is C22H14N4O2. The second-order valence-electron chi connectivity index (χ2n) is 6.52. The van der Waals surface area contributed by atoms with E-state index in [1.54, 1.807) is 0 Å². The zero-order chi connectivity index (χ0) is 19.1. The number of hydrogen-bond acceptors (Lipinski definition) is 4. The maximum atomic E-state index is 11.7. The Kier molecular flexibility index (Phi) is 3.62. The summed E-state index contributed by atoms with van der Waals surface area (Å²) in [5, 5.41) is 0. The van der Waals surface area contributed by atoms with Gasteiger partial charge < -0.3 is 9.97 Å². The third-order valence-electron chi connectivity index (χ3n) is 4.71. The second kappa shape index (κ2) is 6.28. The van der Waals surface area contributed by atoms with E-state index in [9.17, 15) is 9.59 Å². The van der Waals surface area contributed by atoms with Gasteiger partial charge in [0.2, 0.25) is 0 Å². The summed E-state index contributed by atoms with van der Waals surface area (Å²) >= 11 is 0. The molecule has 0 aliphatic carbocycles. The van der Waals surface area contributed by atoms with Gasteiger partial charge in [-0.3, -0.25) is 9.59 Å². The molecule has 0 unspecified atom stereocenters. The first-order valence-corrected chi connectivity index (χ1v) is 8.74. The summed E-state index contributed by atoms with van der Waals surface area (Å²) in [4.78, 5) is 39.0. The van der Waals surface area contributed by atoms with E-state index in [-0.39, 0.29) is 0 Å². The van der Waals surface area contributed by atoms with Crippen LogP contribution < -0.4 is 0 Å². The van der Waals surface area contributed by atoms with Crippen LogP contribution in [0.1, 0.15) is 43.5 Å². The molecule has 0 amide bonds. The number of H-pyrrole nitrogens is 2. The molecule has 0 fully saturated rings. The number of nitrogens with zero attached hydrogens (tertiary/aromatic N) is 2. The maximum Gasteiger partial charge on any atom is 0.154 e. The smallest absolute Gasteiger partial charge is 0.154 e. The molecule has 5 heterocycles. The highest BCUT2D eigenvalue weighted by atomic mass is 16.1. The Hall–Kier alpha value is -4.06. The number of nitrogens with one attached hydrogen (secondary N) is 2. The molecule has 8 bridgehead atoms. The van der Waals surface area contributed by atoms with Gasteiger partial charge in [-0.05, 0) is 60.7 Å². The molecule has 0 saturated heterocycles. The lowest BCUT2D eigenvalue weighted by molar-refractivity contribution is 0.111. The minimum atomic E-state index is 0.492. The fourth-order valence-corrected chi connectivity index (χ4v) is 3.37. The molecule has 134 valence electrons.